The Morgan fingerprint density at radius 2 is 2.11 bits per heavy atom. The molecule has 1 unspecified atom stereocenters. The van der Waals surface area contributed by atoms with E-state index in [0.29, 0.717) is 16.2 Å². The van der Waals surface area contributed by atoms with Gasteiger partial charge < -0.3 is 4.74 Å². The van der Waals surface area contributed by atoms with Gasteiger partial charge in [0.2, 0.25) is 0 Å². The van der Waals surface area contributed by atoms with Crippen molar-refractivity contribution in [2.24, 2.45) is 0 Å². The monoisotopic (exact) mass is 275 g/mol. The third-order valence-corrected chi connectivity index (χ3v) is 3.57. The second kappa shape index (κ2) is 5.63. The van der Waals surface area contributed by atoms with Crippen molar-refractivity contribution in [1.82, 2.24) is 0 Å². The van der Waals surface area contributed by atoms with Gasteiger partial charge in [-0.25, -0.2) is 4.39 Å². The maximum absolute atomic E-state index is 12.8. The lowest BCUT2D eigenvalue weighted by Gasteiger charge is -2.06. The van der Waals surface area contributed by atoms with Crippen molar-refractivity contribution in [2.45, 2.75) is 5.92 Å². The quantitative estimate of drug-likeness (QED) is 0.804. The summed E-state index contributed by atoms with van der Waals surface area (Å²) in [6.07, 6.45) is 0. The van der Waals surface area contributed by atoms with Crippen LogP contribution in [-0.2, 0) is 0 Å². The minimum absolute atomic E-state index is 0.303. The van der Waals surface area contributed by atoms with Gasteiger partial charge in [0.15, 0.2) is 5.78 Å². The average Bonchev–Trinajstić information content (AvgIpc) is 2.90. The van der Waals surface area contributed by atoms with Crippen LogP contribution < -0.4 is 4.74 Å². The molecule has 0 aliphatic rings. The van der Waals surface area contributed by atoms with Crippen molar-refractivity contribution in [2.75, 3.05) is 7.11 Å². The Bertz CT molecular complexity index is 628. The van der Waals surface area contributed by atoms with E-state index in [1.807, 2.05) is 6.07 Å². The highest BCUT2D eigenvalue weighted by Crippen LogP contribution is 2.27. The number of benzene rings is 1. The second-order valence-electron chi connectivity index (χ2n) is 3.83. The van der Waals surface area contributed by atoms with Crippen LogP contribution in [0.3, 0.4) is 0 Å². The molecule has 96 valence electrons. The summed E-state index contributed by atoms with van der Waals surface area (Å²) in [6, 6.07) is 8.93. The van der Waals surface area contributed by atoms with E-state index in [0.717, 1.165) is 0 Å². The molecule has 2 aromatic rings. The average molecular weight is 275 g/mol. The number of hydrogen-bond donors (Lipinski definition) is 0. The Labute approximate surface area is 113 Å². The van der Waals surface area contributed by atoms with E-state index in [1.54, 1.807) is 11.4 Å². The first-order valence-electron chi connectivity index (χ1n) is 5.47. The van der Waals surface area contributed by atoms with Crippen LogP contribution in [0.4, 0.5) is 4.39 Å². The lowest BCUT2D eigenvalue weighted by Crippen LogP contribution is -2.09. The number of Topliss-reactive ketones (excluding diaryl/α,β-unsaturated/α-hetero) is 1. The topological polar surface area (TPSA) is 50.1 Å². The number of carbonyl (C=O) groups is 1. The minimum Gasteiger partial charge on any atom is -0.496 e. The third kappa shape index (κ3) is 2.80. The highest BCUT2D eigenvalue weighted by Gasteiger charge is 2.23. The number of nitrogens with zero attached hydrogens (tertiary/aromatic N) is 1. The first kappa shape index (κ1) is 13.2. The van der Waals surface area contributed by atoms with E-state index in [9.17, 15) is 9.18 Å². The van der Waals surface area contributed by atoms with E-state index in [-0.39, 0.29) is 5.78 Å². The standard InChI is InChI=1S/C14H10FNO2S/c1-18-11-6-13(19-8-11)14(17)12(7-16)9-2-4-10(15)5-3-9/h2-6,8,12H,1H3. The minimum atomic E-state index is -0.927. The molecule has 1 heterocycles. The highest BCUT2D eigenvalue weighted by atomic mass is 32.1. The van der Waals surface area contributed by atoms with Crippen LogP contribution in [0.5, 0.6) is 5.75 Å². The van der Waals surface area contributed by atoms with Crippen molar-refractivity contribution < 1.29 is 13.9 Å². The predicted molar refractivity (Wildman–Crippen MR) is 70.0 cm³/mol. The molecule has 0 fully saturated rings. The number of rotatable bonds is 4. The lowest BCUT2D eigenvalue weighted by atomic mass is 9.95. The molecule has 0 bridgehead atoms. The maximum atomic E-state index is 12.8. The van der Waals surface area contributed by atoms with E-state index < -0.39 is 11.7 Å². The summed E-state index contributed by atoms with van der Waals surface area (Å²) in [4.78, 5) is 12.7. The van der Waals surface area contributed by atoms with Crippen molar-refractivity contribution in [3.63, 3.8) is 0 Å². The Hall–Kier alpha value is -2.19. The summed E-state index contributed by atoms with van der Waals surface area (Å²) in [5.41, 5.74) is 0.487. The molecule has 1 aromatic carbocycles. The SMILES string of the molecule is COc1csc(C(=O)C(C#N)c2ccc(F)cc2)c1. The zero-order valence-electron chi connectivity index (χ0n) is 10.1. The number of carbonyl (C=O) groups excluding carboxylic acids is 1. The summed E-state index contributed by atoms with van der Waals surface area (Å²) in [5.74, 6) is -1.04. The van der Waals surface area contributed by atoms with Gasteiger partial charge in [0, 0.05) is 11.4 Å². The van der Waals surface area contributed by atoms with Gasteiger partial charge in [-0.2, -0.15) is 5.26 Å². The smallest absolute Gasteiger partial charge is 0.194 e. The molecule has 0 aliphatic heterocycles. The highest BCUT2D eigenvalue weighted by molar-refractivity contribution is 7.12. The van der Waals surface area contributed by atoms with Crippen LogP contribution in [0.15, 0.2) is 35.7 Å². The number of halogens is 1. The van der Waals surface area contributed by atoms with Crippen molar-refractivity contribution in [3.05, 3.63) is 52.0 Å². The van der Waals surface area contributed by atoms with Gasteiger partial charge in [0.05, 0.1) is 18.1 Å². The summed E-state index contributed by atoms with van der Waals surface area (Å²) in [5, 5.41) is 10.9. The van der Waals surface area contributed by atoms with Gasteiger partial charge in [-0.3, -0.25) is 4.79 Å². The Balaban J connectivity index is 2.29. The van der Waals surface area contributed by atoms with E-state index in [4.69, 9.17) is 10.00 Å². The van der Waals surface area contributed by atoms with Crippen LogP contribution in [0.25, 0.3) is 0 Å². The molecule has 0 amide bonds. The number of methoxy groups -OCH3 is 1. The van der Waals surface area contributed by atoms with Gasteiger partial charge in [0.1, 0.15) is 17.5 Å². The number of ether oxygens (including phenoxy) is 1. The Morgan fingerprint density at radius 1 is 1.42 bits per heavy atom. The molecule has 0 radical (unpaired) electrons. The number of thiophene rings is 1. The molecule has 0 aliphatic carbocycles. The molecule has 0 saturated heterocycles. The lowest BCUT2D eigenvalue weighted by molar-refractivity contribution is 0.0982. The molecule has 1 aromatic heterocycles. The molecule has 0 N–H and O–H groups in total. The molecule has 0 saturated carbocycles. The van der Waals surface area contributed by atoms with Gasteiger partial charge in [-0.1, -0.05) is 12.1 Å². The van der Waals surface area contributed by atoms with E-state index in [1.165, 1.54) is 42.7 Å². The van der Waals surface area contributed by atoms with Crippen LogP contribution in [0, 0.1) is 17.1 Å². The van der Waals surface area contributed by atoms with Crippen molar-refractivity contribution >= 4 is 17.1 Å². The Kier molecular flexibility index (Phi) is 3.93. The zero-order valence-corrected chi connectivity index (χ0v) is 10.9. The molecule has 5 heteroatoms. The fourth-order valence-corrected chi connectivity index (χ4v) is 2.46. The van der Waals surface area contributed by atoms with Crippen LogP contribution in [0.1, 0.15) is 21.2 Å². The Morgan fingerprint density at radius 3 is 2.63 bits per heavy atom. The fraction of sp³-hybridized carbons (Fsp3) is 0.143. The molecular formula is C14H10FNO2S. The van der Waals surface area contributed by atoms with Crippen LogP contribution in [0.2, 0.25) is 0 Å². The van der Waals surface area contributed by atoms with Gasteiger partial charge >= 0.3 is 0 Å². The van der Waals surface area contributed by atoms with E-state index in [2.05, 4.69) is 0 Å². The number of ketones is 1. The fourth-order valence-electron chi connectivity index (χ4n) is 1.64. The predicted octanol–water partition coefficient (Wildman–Crippen LogP) is 3.39. The normalized spacial score (nSPS) is 11.6. The molecule has 19 heavy (non-hydrogen) atoms. The van der Waals surface area contributed by atoms with Gasteiger partial charge in [-0.15, -0.1) is 11.3 Å². The maximum Gasteiger partial charge on any atom is 0.194 e. The summed E-state index contributed by atoms with van der Waals surface area (Å²) in [7, 11) is 1.51. The van der Waals surface area contributed by atoms with E-state index >= 15 is 0 Å². The zero-order chi connectivity index (χ0) is 13.8. The summed E-state index contributed by atoms with van der Waals surface area (Å²) >= 11 is 1.22. The third-order valence-electron chi connectivity index (χ3n) is 2.65. The molecule has 1 atom stereocenters. The second-order valence-corrected chi connectivity index (χ2v) is 4.74. The number of hydrogen-bond acceptors (Lipinski definition) is 4. The first-order valence-corrected chi connectivity index (χ1v) is 6.35. The van der Waals surface area contributed by atoms with Crippen LogP contribution in [-0.4, -0.2) is 12.9 Å². The molecule has 3 nitrogen and oxygen atoms in total. The van der Waals surface area contributed by atoms with Crippen molar-refractivity contribution in [1.29, 1.82) is 5.26 Å². The van der Waals surface area contributed by atoms with Gasteiger partial charge in [-0.05, 0) is 17.7 Å². The first-order chi connectivity index (χ1) is 9.15. The van der Waals surface area contributed by atoms with Crippen LogP contribution >= 0.6 is 11.3 Å². The molecular weight excluding hydrogens is 265 g/mol. The van der Waals surface area contributed by atoms with Crippen molar-refractivity contribution in [3.8, 4) is 11.8 Å². The summed E-state index contributed by atoms with van der Waals surface area (Å²) < 4.78 is 17.9. The molecule has 2 rings (SSSR count). The number of nitriles is 1. The molecule has 0 spiro atoms. The largest absolute Gasteiger partial charge is 0.496 e. The van der Waals surface area contributed by atoms with Gasteiger partial charge in [0.25, 0.3) is 0 Å². The summed E-state index contributed by atoms with van der Waals surface area (Å²) in [6.45, 7) is 0.